The van der Waals surface area contributed by atoms with Crippen LogP contribution in [-0.2, 0) is 9.53 Å². The van der Waals surface area contributed by atoms with Crippen molar-refractivity contribution in [2.75, 3.05) is 40.0 Å². The van der Waals surface area contributed by atoms with Crippen molar-refractivity contribution in [3.05, 3.63) is 23.8 Å². The van der Waals surface area contributed by atoms with E-state index >= 15 is 0 Å². The average molecular weight is 332 g/mol. The predicted octanol–water partition coefficient (Wildman–Crippen LogP) is 0.529. The molecule has 0 saturated carbocycles. The van der Waals surface area contributed by atoms with E-state index in [0.717, 1.165) is 0 Å². The number of carbonyl (C=O) groups is 2. The van der Waals surface area contributed by atoms with Crippen molar-refractivity contribution in [3.63, 3.8) is 0 Å². The normalized spacial score (nSPS) is 26.1. The van der Waals surface area contributed by atoms with Crippen LogP contribution in [0.2, 0.25) is 0 Å². The highest BCUT2D eigenvalue weighted by Crippen LogP contribution is 2.32. The quantitative estimate of drug-likeness (QED) is 0.750. The Hall–Kier alpha value is -2.28. The third-order valence-electron chi connectivity index (χ3n) is 4.85. The van der Waals surface area contributed by atoms with E-state index in [0.29, 0.717) is 56.4 Å². The van der Waals surface area contributed by atoms with Gasteiger partial charge in [0.15, 0.2) is 11.5 Å². The number of ether oxygens (including phenoxy) is 3. The molecule has 2 amide bonds. The molecule has 0 aliphatic carbocycles. The van der Waals surface area contributed by atoms with Gasteiger partial charge in [0.1, 0.15) is 13.2 Å². The third-order valence-corrected chi connectivity index (χ3v) is 4.85. The summed E-state index contributed by atoms with van der Waals surface area (Å²) in [7, 11) is 1.78. The molecule has 0 N–H and O–H groups in total. The zero-order valence-corrected chi connectivity index (χ0v) is 13.6. The van der Waals surface area contributed by atoms with E-state index < -0.39 is 0 Å². The Labute approximate surface area is 140 Å². The van der Waals surface area contributed by atoms with Crippen molar-refractivity contribution in [3.8, 4) is 11.5 Å². The zero-order chi connectivity index (χ0) is 16.7. The van der Waals surface area contributed by atoms with Gasteiger partial charge in [-0.3, -0.25) is 9.59 Å². The van der Waals surface area contributed by atoms with Crippen LogP contribution >= 0.6 is 0 Å². The number of hydrogen-bond donors (Lipinski definition) is 0. The van der Waals surface area contributed by atoms with Gasteiger partial charge in [-0.25, -0.2) is 0 Å². The minimum atomic E-state index is -0.123. The molecule has 0 radical (unpaired) electrons. The van der Waals surface area contributed by atoms with Gasteiger partial charge in [0.25, 0.3) is 5.91 Å². The number of fused-ring (bicyclic) bond motifs is 2. The van der Waals surface area contributed by atoms with E-state index in [1.165, 1.54) is 0 Å². The second-order valence-corrected chi connectivity index (χ2v) is 6.30. The highest BCUT2D eigenvalue weighted by atomic mass is 16.6. The van der Waals surface area contributed by atoms with E-state index in [9.17, 15) is 9.59 Å². The predicted molar refractivity (Wildman–Crippen MR) is 84.3 cm³/mol. The summed E-state index contributed by atoms with van der Waals surface area (Å²) in [6.45, 7) is 2.40. The Morgan fingerprint density at radius 2 is 1.92 bits per heavy atom. The molecule has 3 heterocycles. The zero-order valence-electron chi connectivity index (χ0n) is 13.6. The topological polar surface area (TPSA) is 68.3 Å². The summed E-state index contributed by atoms with van der Waals surface area (Å²) in [6.07, 6.45) is 0.280. The Balaban J connectivity index is 1.52. The lowest BCUT2D eigenvalue weighted by molar-refractivity contribution is -0.131. The highest BCUT2D eigenvalue weighted by molar-refractivity contribution is 5.95. The Morgan fingerprint density at radius 3 is 2.75 bits per heavy atom. The summed E-state index contributed by atoms with van der Waals surface area (Å²) in [5.41, 5.74) is 0.560. The molecule has 24 heavy (non-hydrogen) atoms. The third kappa shape index (κ3) is 2.58. The van der Waals surface area contributed by atoms with Crippen LogP contribution < -0.4 is 9.47 Å². The van der Waals surface area contributed by atoms with Crippen molar-refractivity contribution in [1.29, 1.82) is 0 Å². The summed E-state index contributed by atoms with van der Waals surface area (Å²) >= 11 is 0. The summed E-state index contributed by atoms with van der Waals surface area (Å²) in [6, 6.07) is 5.16. The van der Waals surface area contributed by atoms with Crippen LogP contribution in [0.15, 0.2) is 18.2 Å². The molecular weight excluding hydrogens is 312 g/mol. The van der Waals surface area contributed by atoms with Crippen molar-refractivity contribution in [2.24, 2.45) is 0 Å². The molecule has 2 saturated heterocycles. The molecule has 0 aromatic heterocycles. The summed E-state index contributed by atoms with van der Waals surface area (Å²) in [5, 5.41) is 0. The van der Waals surface area contributed by atoms with Crippen LogP contribution in [0, 0.1) is 0 Å². The largest absolute Gasteiger partial charge is 0.486 e. The van der Waals surface area contributed by atoms with Crippen LogP contribution in [0.3, 0.4) is 0 Å². The van der Waals surface area contributed by atoms with E-state index in [2.05, 4.69) is 0 Å². The Kier molecular flexibility index (Phi) is 3.80. The summed E-state index contributed by atoms with van der Waals surface area (Å²) < 4.78 is 16.8. The summed E-state index contributed by atoms with van der Waals surface area (Å²) in [4.78, 5) is 28.3. The maximum Gasteiger partial charge on any atom is 0.254 e. The van der Waals surface area contributed by atoms with Gasteiger partial charge in [-0.15, -0.1) is 0 Å². The lowest BCUT2D eigenvalue weighted by Crippen LogP contribution is -2.43. The van der Waals surface area contributed by atoms with Crippen molar-refractivity contribution in [1.82, 2.24) is 9.80 Å². The number of rotatable bonds is 1. The Morgan fingerprint density at radius 1 is 1.12 bits per heavy atom. The van der Waals surface area contributed by atoms with Crippen LogP contribution in [0.25, 0.3) is 0 Å². The smallest absolute Gasteiger partial charge is 0.254 e. The minimum Gasteiger partial charge on any atom is -0.486 e. The van der Waals surface area contributed by atoms with E-state index in [1.807, 2.05) is 0 Å². The Bertz CT molecular complexity index is 677. The van der Waals surface area contributed by atoms with Gasteiger partial charge in [-0.05, 0) is 18.2 Å². The van der Waals surface area contributed by atoms with Crippen molar-refractivity contribution in [2.45, 2.75) is 18.6 Å². The molecule has 0 bridgehead atoms. The molecule has 3 aliphatic rings. The maximum absolute atomic E-state index is 12.8. The second kappa shape index (κ2) is 5.98. The fourth-order valence-electron chi connectivity index (χ4n) is 3.48. The van der Waals surface area contributed by atoms with Crippen LogP contribution in [0.1, 0.15) is 16.8 Å². The van der Waals surface area contributed by atoms with Crippen LogP contribution in [0.4, 0.5) is 0 Å². The van der Waals surface area contributed by atoms with Gasteiger partial charge in [0.2, 0.25) is 5.91 Å². The maximum atomic E-state index is 12.8. The van der Waals surface area contributed by atoms with Gasteiger partial charge in [-0.2, -0.15) is 0 Å². The molecule has 1 aromatic rings. The first-order valence-electron chi connectivity index (χ1n) is 8.19. The molecule has 128 valence electrons. The highest BCUT2D eigenvalue weighted by Gasteiger charge is 2.41. The SMILES string of the molecule is CN1C(=O)CCO[C@H]2CN(C(=O)c3ccc4c(c3)OCCO4)C[C@@H]21. The fourth-order valence-corrected chi connectivity index (χ4v) is 3.48. The number of likely N-dealkylation sites (N-methyl/N-ethyl adjacent to an activating group) is 1. The molecule has 3 aliphatic heterocycles. The van der Waals surface area contributed by atoms with E-state index in [4.69, 9.17) is 14.2 Å². The first-order chi connectivity index (χ1) is 11.6. The number of amides is 2. The van der Waals surface area contributed by atoms with Gasteiger partial charge < -0.3 is 24.0 Å². The molecule has 1 aromatic carbocycles. The number of nitrogens with zero attached hydrogens (tertiary/aromatic N) is 2. The lowest BCUT2D eigenvalue weighted by Gasteiger charge is -2.25. The van der Waals surface area contributed by atoms with Crippen LogP contribution in [0.5, 0.6) is 11.5 Å². The van der Waals surface area contributed by atoms with Crippen LogP contribution in [-0.4, -0.2) is 73.7 Å². The van der Waals surface area contributed by atoms with Crippen molar-refractivity contribution < 1.29 is 23.8 Å². The molecule has 7 heteroatoms. The molecule has 0 spiro atoms. The first kappa shape index (κ1) is 15.3. The van der Waals surface area contributed by atoms with Crippen molar-refractivity contribution >= 4 is 11.8 Å². The van der Waals surface area contributed by atoms with E-state index in [1.54, 1.807) is 35.0 Å². The van der Waals surface area contributed by atoms with Gasteiger partial charge in [0.05, 0.1) is 25.2 Å². The standard InChI is InChI=1S/C17H20N2O5/c1-18-12-9-19(10-15(12)22-5-4-16(18)20)17(21)11-2-3-13-14(8-11)24-7-6-23-13/h2-3,8,12,15H,4-7,9-10H2,1H3/t12-,15-/m0/s1. The lowest BCUT2D eigenvalue weighted by atomic mass is 10.1. The molecule has 2 fully saturated rings. The number of hydrogen-bond acceptors (Lipinski definition) is 5. The van der Waals surface area contributed by atoms with Gasteiger partial charge in [-0.1, -0.05) is 0 Å². The minimum absolute atomic E-state index is 0.0659. The van der Waals surface area contributed by atoms with Gasteiger partial charge >= 0.3 is 0 Å². The molecule has 2 atom stereocenters. The molecule has 7 nitrogen and oxygen atoms in total. The van der Waals surface area contributed by atoms with E-state index in [-0.39, 0.29) is 24.0 Å². The number of benzene rings is 1. The second-order valence-electron chi connectivity index (χ2n) is 6.30. The molecular formula is C17H20N2O5. The fraction of sp³-hybridized carbons (Fsp3) is 0.529. The number of carbonyl (C=O) groups excluding carboxylic acids is 2. The number of likely N-dealkylation sites (tertiary alicyclic amines) is 1. The molecule has 0 unspecified atom stereocenters. The first-order valence-corrected chi connectivity index (χ1v) is 8.19. The monoisotopic (exact) mass is 332 g/mol. The molecule has 4 rings (SSSR count). The average Bonchev–Trinajstić information content (AvgIpc) is 2.98. The summed E-state index contributed by atoms with van der Waals surface area (Å²) in [5.74, 6) is 1.25. The van der Waals surface area contributed by atoms with Gasteiger partial charge in [0, 0.05) is 25.7 Å².